The Labute approximate surface area is 159 Å². The molecule has 1 aliphatic heterocycles. The first-order chi connectivity index (χ1) is 12.8. The van der Waals surface area contributed by atoms with E-state index in [1.54, 1.807) is 28.0 Å². The van der Waals surface area contributed by atoms with Crippen molar-refractivity contribution in [3.63, 3.8) is 0 Å². The number of nitrogens with zero attached hydrogens (tertiary/aromatic N) is 2. The number of carbonyl (C=O) groups excluding carboxylic acids is 2. The molecule has 0 aromatic heterocycles. The number of hydrogen-bond acceptors (Lipinski definition) is 4. The third-order valence-corrected chi connectivity index (χ3v) is 5.74. The molecule has 0 spiro atoms. The SMILES string of the molecule is Cc1cccc(C(=O)N2CCN(C(=O)c3cccc(S(C)(=O)=O)c3)CC2)c1. The van der Waals surface area contributed by atoms with Crippen LogP contribution in [0.2, 0.25) is 0 Å². The average molecular weight is 386 g/mol. The first-order valence-electron chi connectivity index (χ1n) is 8.71. The average Bonchev–Trinajstić information content (AvgIpc) is 2.66. The van der Waals surface area contributed by atoms with E-state index in [0.717, 1.165) is 11.8 Å². The Bertz CT molecular complexity index is 977. The molecule has 0 saturated carbocycles. The molecule has 1 heterocycles. The first kappa shape index (κ1) is 19.1. The molecule has 142 valence electrons. The van der Waals surface area contributed by atoms with Crippen LogP contribution in [0, 0.1) is 6.92 Å². The van der Waals surface area contributed by atoms with Crippen LogP contribution in [0.15, 0.2) is 53.4 Å². The van der Waals surface area contributed by atoms with Gasteiger partial charge in [0.2, 0.25) is 0 Å². The molecule has 0 aliphatic carbocycles. The number of amides is 2. The third-order valence-electron chi connectivity index (χ3n) is 4.63. The van der Waals surface area contributed by atoms with E-state index in [1.807, 2.05) is 25.1 Å². The van der Waals surface area contributed by atoms with E-state index in [2.05, 4.69) is 0 Å². The predicted molar refractivity (Wildman–Crippen MR) is 103 cm³/mol. The molecule has 6 nitrogen and oxygen atoms in total. The van der Waals surface area contributed by atoms with Gasteiger partial charge in [-0.15, -0.1) is 0 Å². The predicted octanol–water partition coefficient (Wildman–Crippen LogP) is 2.00. The summed E-state index contributed by atoms with van der Waals surface area (Å²) in [5.41, 5.74) is 2.02. The molecule has 0 N–H and O–H groups in total. The fraction of sp³-hybridized carbons (Fsp3) is 0.300. The Balaban J connectivity index is 1.67. The van der Waals surface area contributed by atoms with Crippen molar-refractivity contribution < 1.29 is 18.0 Å². The number of aryl methyl sites for hydroxylation is 1. The standard InChI is InChI=1S/C20H22N2O4S/c1-15-5-3-6-16(13-15)19(23)21-9-11-22(12-10-21)20(24)17-7-4-8-18(14-17)27(2,25)26/h3-8,13-14H,9-12H2,1-2H3. The highest BCUT2D eigenvalue weighted by Gasteiger charge is 2.26. The van der Waals surface area contributed by atoms with Crippen LogP contribution in [0.5, 0.6) is 0 Å². The Morgan fingerprint density at radius 2 is 1.30 bits per heavy atom. The largest absolute Gasteiger partial charge is 0.335 e. The van der Waals surface area contributed by atoms with Gasteiger partial charge in [0.25, 0.3) is 11.8 Å². The maximum absolute atomic E-state index is 12.7. The normalized spacial score (nSPS) is 14.9. The number of piperazine rings is 1. The lowest BCUT2D eigenvalue weighted by Crippen LogP contribution is -2.50. The molecule has 0 unspecified atom stereocenters. The number of hydrogen-bond donors (Lipinski definition) is 0. The van der Waals surface area contributed by atoms with Crippen LogP contribution in [0.25, 0.3) is 0 Å². The summed E-state index contributed by atoms with van der Waals surface area (Å²) in [6, 6.07) is 13.5. The van der Waals surface area contributed by atoms with Gasteiger partial charge in [0.1, 0.15) is 0 Å². The van der Waals surface area contributed by atoms with Crippen molar-refractivity contribution in [2.45, 2.75) is 11.8 Å². The number of carbonyl (C=O) groups is 2. The van der Waals surface area contributed by atoms with Crippen LogP contribution in [0.1, 0.15) is 26.3 Å². The minimum atomic E-state index is -3.37. The van der Waals surface area contributed by atoms with Crippen molar-refractivity contribution in [1.82, 2.24) is 9.80 Å². The molecule has 2 aromatic rings. The van der Waals surface area contributed by atoms with Crippen molar-refractivity contribution in [3.05, 3.63) is 65.2 Å². The van der Waals surface area contributed by atoms with Crippen LogP contribution in [0.3, 0.4) is 0 Å². The Morgan fingerprint density at radius 1 is 0.815 bits per heavy atom. The monoisotopic (exact) mass is 386 g/mol. The molecular weight excluding hydrogens is 364 g/mol. The van der Waals surface area contributed by atoms with Gasteiger partial charge < -0.3 is 9.80 Å². The van der Waals surface area contributed by atoms with E-state index in [4.69, 9.17) is 0 Å². The van der Waals surface area contributed by atoms with E-state index >= 15 is 0 Å². The van der Waals surface area contributed by atoms with Crippen LogP contribution in [-0.2, 0) is 9.84 Å². The highest BCUT2D eigenvalue weighted by Crippen LogP contribution is 2.16. The number of sulfone groups is 1. The minimum absolute atomic E-state index is 0.0372. The van der Waals surface area contributed by atoms with Gasteiger partial charge in [-0.2, -0.15) is 0 Å². The van der Waals surface area contributed by atoms with Gasteiger partial charge in [0, 0.05) is 43.6 Å². The van der Waals surface area contributed by atoms with Crippen molar-refractivity contribution >= 4 is 21.7 Å². The zero-order valence-corrected chi connectivity index (χ0v) is 16.2. The Hall–Kier alpha value is -2.67. The highest BCUT2D eigenvalue weighted by molar-refractivity contribution is 7.90. The minimum Gasteiger partial charge on any atom is -0.335 e. The summed E-state index contributed by atoms with van der Waals surface area (Å²) in [6.45, 7) is 3.67. The van der Waals surface area contributed by atoms with Gasteiger partial charge in [-0.25, -0.2) is 8.42 Å². The van der Waals surface area contributed by atoms with E-state index < -0.39 is 9.84 Å². The highest BCUT2D eigenvalue weighted by atomic mass is 32.2. The van der Waals surface area contributed by atoms with Gasteiger partial charge in [-0.3, -0.25) is 9.59 Å². The second-order valence-electron chi connectivity index (χ2n) is 6.75. The summed E-state index contributed by atoms with van der Waals surface area (Å²) in [5, 5.41) is 0. The molecule has 1 aliphatic rings. The van der Waals surface area contributed by atoms with Gasteiger partial charge in [-0.05, 0) is 37.3 Å². The summed E-state index contributed by atoms with van der Waals surface area (Å²) in [4.78, 5) is 28.8. The lowest BCUT2D eigenvalue weighted by atomic mass is 10.1. The van der Waals surface area contributed by atoms with Crippen molar-refractivity contribution in [2.24, 2.45) is 0 Å². The van der Waals surface area contributed by atoms with Gasteiger partial charge in [0.15, 0.2) is 9.84 Å². The third kappa shape index (κ3) is 4.36. The fourth-order valence-electron chi connectivity index (χ4n) is 3.12. The van der Waals surface area contributed by atoms with Crippen LogP contribution < -0.4 is 0 Å². The molecule has 27 heavy (non-hydrogen) atoms. The molecule has 7 heteroatoms. The lowest BCUT2D eigenvalue weighted by molar-refractivity contribution is 0.0535. The second kappa shape index (κ2) is 7.52. The van der Waals surface area contributed by atoms with Crippen LogP contribution >= 0.6 is 0 Å². The molecule has 1 fully saturated rings. The van der Waals surface area contributed by atoms with E-state index in [-0.39, 0.29) is 16.7 Å². The Morgan fingerprint density at radius 3 is 1.78 bits per heavy atom. The number of benzene rings is 2. The molecule has 0 radical (unpaired) electrons. The van der Waals surface area contributed by atoms with E-state index in [0.29, 0.717) is 37.3 Å². The smallest absolute Gasteiger partial charge is 0.254 e. The van der Waals surface area contributed by atoms with Crippen molar-refractivity contribution in [2.75, 3.05) is 32.4 Å². The van der Waals surface area contributed by atoms with Crippen LogP contribution in [0.4, 0.5) is 0 Å². The maximum Gasteiger partial charge on any atom is 0.254 e. The van der Waals surface area contributed by atoms with Gasteiger partial charge >= 0.3 is 0 Å². The molecule has 2 amide bonds. The topological polar surface area (TPSA) is 74.8 Å². The van der Waals surface area contributed by atoms with Crippen molar-refractivity contribution in [3.8, 4) is 0 Å². The summed E-state index contributed by atoms with van der Waals surface area (Å²) in [5.74, 6) is -0.256. The first-order valence-corrected chi connectivity index (χ1v) is 10.6. The zero-order valence-electron chi connectivity index (χ0n) is 15.4. The molecule has 3 rings (SSSR count). The van der Waals surface area contributed by atoms with Crippen LogP contribution in [-0.4, -0.2) is 62.5 Å². The summed E-state index contributed by atoms with van der Waals surface area (Å²) >= 11 is 0. The Kier molecular flexibility index (Phi) is 5.32. The molecule has 0 bridgehead atoms. The summed E-state index contributed by atoms with van der Waals surface area (Å²) < 4.78 is 23.4. The summed E-state index contributed by atoms with van der Waals surface area (Å²) in [6.07, 6.45) is 1.12. The van der Waals surface area contributed by atoms with Gasteiger partial charge in [-0.1, -0.05) is 23.8 Å². The fourth-order valence-corrected chi connectivity index (χ4v) is 3.78. The quantitative estimate of drug-likeness (QED) is 0.809. The molecule has 1 saturated heterocycles. The maximum atomic E-state index is 12.7. The van der Waals surface area contributed by atoms with E-state index in [9.17, 15) is 18.0 Å². The van der Waals surface area contributed by atoms with E-state index in [1.165, 1.54) is 12.1 Å². The second-order valence-corrected chi connectivity index (χ2v) is 8.77. The zero-order chi connectivity index (χ0) is 19.6. The van der Waals surface area contributed by atoms with Crippen molar-refractivity contribution in [1.29, 1.82) is 0 Å². The molecular formula is C20H22N2O4S. The molecule has 2 aromatic carbocycles. The number of rotatable bonds is 3. The lowest BCUT2D eigenvalue weighted by Gasteiger charge is -2.35. The summed E-state index contributed by atoms with van der Waals surface area (Å²) in [7, 11) is -3.37. The van der Waals surface area contributed by atoms with Gasteiger partial charge in [0.05, 0.1) is 4.90 Å². The molecule has 0 atom stereocenters.